The maximum atomic E-state index is 9.15. The van der Waals surface area contributed by atoms with Crippen molar-refractivity contribution >= 4 is 27.2 Å². The number of hydrogen-bond acceptors (Lipinski definition) is 4. The molecule has 0 saturated heterocycles. The number of aliphatic hydroxyl groups excluding tert-OH is 1. The number of pyridine rings is 1. The van der Waals surface area contributed by atoms with Crippen LogP contribution in [0.15, 0.2) is 23.7 Å². The van der Waals surface area contributed by atoms with Crippen molar-refractivity contribution in [2.75, 3.05) is 11.9 Å². The summed E-state index contributed by atoms with van der Waals surface area (Å²) in [5.41, 5.74) is 0. The van der Waals surface area contributed by atoms with Gasteiger partial charge < -0.3 is 10.4 Å². The molecule has 0 aromatic carbocycles. The van der Waals surface area contributed by atoms with E-state index in [-0.39, 0.29) is 6.10 Å². The molecule has 80 valence electrons. The second-order valence-electron chi connectivity index (χ2n) is 3.56. The van der Waals surface area contributed by atoms with Crippen LogP contribution in [-0.2, 0) is 0 Å². The van der Waals surface area contributed by atoms with Gasteiger partial charge in [-0.25, -0.2) is 4.98 Å². The molecule has 2 aromatic heterocycles. The molecule has 0 spiro atoms. The van der Waals surface area contributed by atoms with Crippen molar-refractivity contribution in [2.24, 2.45) is 0 Å². The fraction of sp³-hybridized carbons (Fsp3) is 0.364. The normalized spacial score (nSPS) is 12.9. The lowest BCUT2D eigenvalue weighted by Gasteiger charge is -2.07. The molecular weight excluding hydrogens is 208 g/mol. The summed E-state index contributed by atoms with van der Waals surface area (Å²) in [6.07, 6.45) is 2.28. The summed E-state index contributed by atoms with van der Waals surface area (Å²) in [5, 5.41) is 15.6. The Bertz CT molecular complexity index is 439. The van der Waals surface area contributed by atoms with E-state index >= 15 is 0 Å². The highest BCUT2D eigenvalue weighted by molar-refractivity contribution is 7.17. The smallest absolute Gasteiger partial charge is 0.134 e. The second-order valence-corrected chi connectivity index (χ2v) is 4.50. The summed E-state index contributed by atoms with van der Waals surface area (Å²) in [7, 11) is 0. The first-order chi connectivity index (χ1) is 7.27. The highest BCUT2D eigenvalue weighted by Gasteiger charge is 2.02. The summed E-state index contributed by atoms with van der Waals surface area (Å²) >= 11 is 1.71. The third-order valence-corrected chi connectivity index (χ3v) is 3.12. The van der Waals surface area contributed by atoms with Crippen LogP contribution in [0.25, 0.3) is 10.1 Å². The van der Waals surface area contributed by atoms with Gasteiger partial charge in [0.05, 0.1) is 6.10 Å². The summed E-state index contributed by atoms with van der Waals surface area (Å²) in [6, 6.07) is 4.08. The molecule has 0 saturated carbocycles. The molecule has 0 radical (unpaired) electrons. The van der Waals surface area contributed by atoms with Gasteiger partial charge in [-0.1, -0.05) is 0 Å². The number of anilines is 1. The predicted molar refractivity (Wildman–Crippen MR) is 64.4 cm³/mol. The van der Waals surface area contributed by atoms with E-state index in [0.717, 1.165) is 24.2 Å². The van der Waals surface area contributed by atoms with Crippen molar-refractivity contribution in [3.8, 4) is 0 Å². The van der Waals surface area contributed by atoms with Crippen molar-refractivity contribution in [2.45, 2.75) is 19.4 Å². The third-order valence-electron chi connectivity index (χ3n) is 2.23. The number of aliphatic hydroxyl groups is 1. The van der Waals surface area contributed by atoms with E-state index in [1.807, 2.05) is 12.3 Å². The van der Waals surface area contributed by atoms with Gasteiger partial charge in [0, 0.05) is 22.8 Å². The molecule has 3 nitrogen and oxygen atoms in total. The maximum Gasteiger partial charge on any atom is 0.134 e. The van der Waals surface area contributed by atoms with Gasteiger partial charge in [0.2, 0.25) is 0 Å². The van der Waals surface area contributed by atoms with Gasteiger partial charge in [-0.05, 0) is 30.9 Å². The van der Waals surface area contributed by atoms with Gasteiger partial charge in [-0.2, -0.15) is 0 Å². The summed E-state index contributed by atoms with van der Waals surface area (Å²) in [6.45, 7) is 2.54. The molecule has 0 aliphatic rings. The Kier molecular flexibility index (Phi) is 3.18. The molecule has 2 rings (SSSR count). The zero-order valence-electron chi connectivity index (χ0n) is 8.60. The van der Waals surface area contributed by atoms with Crippen LogP contribution in [-0.4, -0.2) is 22.7 Å². The van der Waals surface area contributed by atoms with E-state index in [4.69, 9.17) is 5.11 Å². The van der Waals surface area contributed by atoms with Crippen molar-refractivity contribution in [1.82, 2.24) is 4.98 Å². The van der Waals surface area contributed by atoms with E-state index in [2.05, 4.69) is 21.7 Å². The molecular formula is C11H14N2OS. The summed E-state index contributed by atoms with van der Waals surface area (Å²) in [5.74, 6) is 0.911. The minimum absolute atomic E-state index is 0.265. The number of fused-ring (bicyclic) bond motifs is 1. The van der Waals surface area contributed by atoms with E-state index in [1.54, 1.807) is 18.3 Å². The zero-order valence-corrected chi connectivity index (χ0v) is 9.42. The van der Waals surface area contributed by atoms with Crippen molar-refractivity contribution in [1.29, 1.82) is 0 Å². The zero-order chi connectivity index (χ0) is 10.7. The van der Waals surface area contributed by atoms with Gasteiger partial charge in [0.25, 0.3) is 0 Å². The molecule has 0 amide bonds. The highest BCUT2D eigenvalue weighted by Crippen LogP contribution is 2.25. The van der Waals surface area contributed by atoms with E-state index < -0.39 is 0 Å². The van der Waals surface area contributed by atoms with Gasteiger partial charge in [0.1, 0.15) is 5.82 Å². The Morgan fingerprint density at radius 2 is 2.40 bits per heavy atom. The second kappa shape index (κ2) is 4.59. The molecule has 2 aromatic rings. The first-order valence-electron chi connectivity index (χ1n) is 5.01. The number of aromatic nitrogens is 1. The maximum absolute atomic E-state index is 9.15. The molecule has 15 heavy (non-hydrogen) atoms. The van der Waals surface area contributed by atoms with Crippen LogP contribution >= 0.6 is 11.3 Å². The monoisotopic (exact) mass is 222 g/mol. The van der Waals surface area contributed by atoms with E-state index in [1.165, 1.54) is 4.70 Å². The third kappa shape index (κ3) is 2.46. The molecule has 0 fully saturated rings. The van der Waals surface area contributed by atoms with Gasteiger partial charge in [0.15, 0.2) is 0 Å². The molecule has 1 atom stereocenters. The van der Waals surface area contributed by atoms with Crippen LogP contribution < -0.4 is 5.32 Å². The quantitative estimate of drug-likeness (QED) is 0.835. The lowest BCUT2D eigenvalue weighted by Crippen LogP contribution is -2.10. The van der Waals surface area contributed by atoms with Crippen LogP contribution in [0.1, 0.15) is 13.3 Å². The summed E-state index contributed by atoms with van der Waals surface area (Å²) in [4.78, 5) is 4.29. The molecule has 0 aliphatic carbocycles. The molecule has 0 aliphatic heterocycles. The number of nitrogens with one attached hydrogen (secondary N) is 1. The molecule has 2 N–H and O–H groups in total. The fourth-order valence-electron chi connectivity index (χ4n) is 1.44. The van der Waals surface area contributed by atoms with Gasteiger partial charge >= 0.3 is 0 Å². The highest BCUT2D eigenvalue weighted by atomic mass is 32.1. The lowest BCUT2D eigenvalue weighted by atomic mass is 10.2. The average molecular weight is 222 g/mol. The van der Waals surface area contributed by atoms with E-state index in [0.29, 0.717) is 0 Å². The fourth-order valence-corrected chi connectivity index (χ4v) is 2.22. The predicted octanol–water partition coefficient (Wildman–Crippen LogP) is 2.48. The Balaban J connectivity index is 2.10. The Morgan fingerprint density at radius 3 is 3.20 bits per heavy atom. The topological polar surface area (TPSA) is 45.1 Å². The average Bonchev–Trinajstić information content (AvgIpc) is 2.65. The van der Waals surface area contributed by atoms with Crippen molar-refractivity contribution < 1.29 is 5.11 Å². The van der Waals surface area contributed by atoms with Crippen molar-refractivity contribution in [3.05, 3.63) is 23.7 Å². The van der Waals surface area contributed by atoms with Crippen LogP contribution in [0.3, 0.4) is 0 Å². The summed E-state index contributed by atoms with van der Waals surface area (Å²) < 4.78 is 1.24. The minimum Gasteiger partial charge on any atom is -0.393 e. The Hall–Kier alpha value is -1.13. The number of rotatable bonds is 4. The van der Waals surface area contributed by atoms with Crippen LogP contribution in [0, 0.1) is 0 Å². The number of nitrogens with zero attached hydrogens (tertiary/aromatic N) is 1. The molecule has 2 heterocycles. The van der Waals surface area contributed by atoms with Crippen LogP contribution in [0.4, 0.5) is 5.82 Å². The van der Waals surface area contributed by atoms with Gasteiger partial charge in [-0.15, -0.1) is 11.3 Å². The van der Waals surface area contributed by atoms with E-state index in [9.17, 15) is 0 Å². The molecule has 1 unspecified atom stereocenters. The largest absolute Gasteiger partial charge is 0.393 e. The lowest BCUT2D eigenvalue weighted by molar-refractivity contribution is 0.188. The number of thiophene rings is 1. The van der Waals surface area contributed by atoms with Crippen LogP contribution in [0.2, 0.25) is 0 Å². The van der Waals surface area contributed by atoms with Crippen LogP contribution in [0.5, 0.6) is 0 Å². The standard InChI is InChI=1S/C11H14N2OS/c1-8(14)2-5-12-11-9-4-7-15-10(9)3-6-13-11/h3-4,6-8,14H,2,5H2,1H3,(H,12,13). The molecule has 0 bridgehead atoms. The number of hydrogen-bond donors (Lipinski definition) is 2. The minimum atomic E-state index is -0.265. The molecule has 4 heteroatoms. The first kappa shape index (κ1) is 10.4. The Morgan fingerprint density at radius 1 is 1.53 bits per heavy atom. The Labute approximate surface area is 92.8 Å². The van der Waals surface area contributed by atoms with Gasteiger partial charge in [-0.3, -0.25) is 0 Å². The SMILES string of the molecule is CC(O)CCNc1nccc2sccc12. The van der Waals surface area contributed by atoms with Crippen molar-refractivity contribution in [3.63, 3.8) is 0 Å². The first-order valence-corrected chi connectivity index (χ1v) is 5.89.